The average Bonchev–Trinajstić information content (AvgIpc) is 2.05. The van der Waals surface area contributed by atoms with Gasteiger partial charge in [-0.05, 0) is 0 Å². The van der Waals surface area contributed by atoms with Crippen molar-refractivity contribution >= 4 is 5.82 Å². The van der Waals surface area contributed by atoms with Crippen LogP contribution in [0.2, 0.25) is 0 Å². The fourth-order valence-electron chi connectivity index (χ4n) is 0.603. The lowest BCUT2D eigenvalue weighted by Gasteiger charge is -1.98. The van der Waals surface area contributed by atoms with Gasteiger partial charge in [0.2, 0.25) is 0 Å². The zero-order valence-corrected chi connectivity index (χ0v) is 5.70. The van der Waals surface area contributed by atoms with Gasteiger partial charge in [-0.3, -0.25) is 4.98 Å². The maximum absolute atomic E-state index is 8.63. The van der Waals surface area contributed by atoms with Crippen molar-refractivity contribution in [2.24, 2.45) is 0 Å². The molecule has 0 amide bonds. The van der Waals surface area contributed by atoms with Crippen molar-refractivity contribution < 1.29 is 5.11 Å². The van der Waals surface area contributed by atoms with Crippen LogP contribution in [-0.4, -0.2) is 22.1 Å². The van der Waals surface area contributed by atoms with Gasteiger partial charge in [0.1, 0.15) is 5.82 Å². The normalized spacial score (nSPS) is 9.40. The summed E-state index contributed by atoms with van der Waals surface area (Å²) < 4.78 is 0. The number of rotatable bonds is 2. The fourth-order valence-corrected chi connectivity index (χ4v) is 0.603. The van der Waals surface area contributed by atoms with Crippen LogP contribution in [-0.2, 0) is 6.61 Å². The minimum atomic E-state index is -0.0669. The molecule has 1 rings (SSSR count). The zero-order chi connectivity index (χ0) is 7.40. The Morgan fingerprint density at radius 1 is 1.60 bits per heavy atom. The van der Waals surface area contributed by atoms with Crippen LogP contribution in [0.3, 0.4) is 0 Å². The standard InChI is InChI=1S/C6H9N3O/c1-7-6-3-8-2-5(4-10)9-6/h2-3,10H,4H2,1H3,(H,7,9). The van der Waals surface area contributed by atoms with Crippen molar-refractivity contribution in [2.45, 2.75) is 6.61 Å². The molecule has 54 valence electrons. The highest BCUT2D eigenvalue weighted by atomic mass is 16.3. The van der Waals surface area contributed by atoms with Crippen LogP contribution in [0, 0.1) is 0 Å². The third kappa shape index (κ3) is 1.41. The molecule has 0 spiro atoms. The predicted molar refractivity (Wildman–Crippen MR) is 37.5 cm³/mol. The van der Waals surface area contributed by atoms with Crippen LogP contribution >= 0.6 is 0 Å². The van der Waals surface area contributed by atoms with E-state index < -0.39 is 0 Å². The molecule has 0 fully saturated rings. The summed E-state index contributed by atoms with van der Waals surface area (Å²) in [6.45, 7) is -0.0669. The number of nitrogens with zero attached hydrogens (tertiary/aromatic N) is 2. The van der Waals surface area contributed by atoms with E-state index in [0.29, 0.717) is 11.5 Å². The van der Waals surface area contributed by atoms with Crippen molar-refractivity contribution in [2.75, 3.05) is 12.4 Å². The zero-order valence-electron chi connectivity index (χ0n) is 5.70. The van der Waals surface area contributed by atoms with Crippen LogP contribution < -0.4 is 5.32 Å². The highest BCUT2D eigenvalue weighted by Gasteiger charge is 1.92. The molecular weight excluding hydrogens is 130 g/mol. The molecule has 4 heteroatoms. The molecule has 0 saturated carbocycles. The van der Waals surface area contributed by atoms with Gasteiger partial charge in [0.05, 0.1) is 24.7 Å². The Hall–Kier alpha value is -1.16. The molecule has 0 radical (unpaired) electrons. The van der Waals surface area contributed by atoms with Crippen molar-refractivity contribution in [1.82, 2.24) is 9.97 Å². The van der Waals surface area contributed by atoms with E-state index in [4.69, 9.17) is 5.11 Å². The first-order valence-corrected chi connectivity index (χ1v) is 2.96. The van der Waals surface area contributed by atoms with Gasteiger partial charge in [0.25, 0.3) is 0 Å². The molecule has 1 aromatic heterocycles. The molecule has 2 N–H and O–H groups in total. The summed E-state index contributed by atoms with van der Waals surface area (Å²) >= 11 is 0. The molecule has 10 heavy (non-hydrogen) atoms. The lowest BCUT2D eigenvalue weighted by molar-refractivity contribution is 0.276. The van der Waals surface area contributed by atoms with Gasteiger partial charge >= 0.3 is 0 Å². The second kappa shape index (κ2) is 3.12. The first-order chi connectivity index (χ1) is 4.86. The summed E-state index contributed by atoms with van der Waals surface area (Å²) in [4.78, 5) is 7.83. The van der Waals surface area contributed by atoms with Crippen LogP contribution in [0.1, 0.15) is 5.69 Å². The smallest absolute Gasteiger partial charge is 0.144 e. The number of aliphatic hydroxyl groups excluding tert-OH is 1. The van der Waals surface area contributed by atoms with Gasteiger partial charge in [-0.2, -0.15) is 0 Å². The molecule has 1 heterocycles. The Morgan fingerprint density at radius 3 is 3.00 bits per heavy atom. The number of hydrogen-bond acceptors (Lipinski definition) is 4. The Balaban J connectivity index is 2.87. The quantitative estimate of drug-likeness (QED) is 0.606. The van der Waals surface area contributed by atoms with Gasteiger partial charge in [-0.15, -0.1) is 0 Å². The second-order valence-electron chi connectivity index (χ2n) is 1.80. The summed E-state index contributed by atoms with van der Waals surface area (Å²) in [6, 6.07) is 0. The van der Waals surface area contributed by atoms with Gasteiger partial charge < -0.3 is 10.4 Å². The SMILES string of the molecule is CNc1cncc(CO)n1. The minimum absolute atomic E-state index is 0.0669. The highest BCUT2D eigenvalue weighted by Crippen LogP contribution is 1.99. The summed E-state index contributed by atoms with van der Waals surface area (Å²) in [6.07, 6.45) is 3.12. The second-order valence-corrected chi connectivity index (χ2v) is 1.80. The Morgan fingerprint density at radius 2 is 2.40 bits per heavy atom. The van der Waals surface area contributed by atoms with Crippen LogP contribution in [0.4, 0.5) is 5.82 Å². The molecule has 4 nitrogen and oxygen atoms in total. The van der Waals surface area contributed by atoms with E-state index in [2.05, 4.69) is 15.3 Å². The molecular formula is C6H9N3O. The average molecular weight is 139 g/mol. The van der Waals surface area contributed by atoms with Gasteiger partial charge in [0.15, 0.2) is 0 Å². The molecule has 0 atom stereocenters. The number of nitrogens with one attached hydrogen (secondary N) is 1. The Kier molecular flexibility index (Phi) is 2.17. The molecule has 0 unspecified atom stereocenters. The van der Waals surface area contributed by atoms with Gasteiger partial charge in [-0.1, -0.05) is 0 Å². The maximum atomic E-state index is 8.63. The molecule has 0 bridgehead atoms. The third-order valence-corrected chi connectivity index (χ3v) is 1.10. The van der Waals surface area contributed by atoms with Crippen molar-refractivity contribution in [3.63, 3.8) is 0 Å². The number of aliphatic hydroxyl groups is 1. The summed E-state index contributed by atoms with van der Waals surface area (Å²) in [5, 5.41) is 11.4. The summed E-state index contributed by atoms with van der Waals surface area (Å²) in [7, 11) is 1.76. The maximum Gasteiger partial charge on any atom is 0.144 e. The van der Waals surface area contributed by atoms with Crippen LogP contribution in [0.5, 0.6) is 0 Å². The first kappa shape index (κ1) is 6.95. The van der Waals surface area contributed by atoms with Crippen molar-refractivity contribution in [3.05, 3.63) is 18.1 Å². The lowest BCUT2D eigenvalue weighted by Crippen LogP contribution is -1.97. The topological polar surface area (TPSA) is 58.0 Å². The van der Waals surface area contributed by atoms with E-state index in [9.17, 15) is 0 Å². The van der Waals surface area contributed by atoms with Gasteiger partial charge in [0, 0.05) is 7.05 Å². The molecule has 0 aliphatic rings. The Bertz CT molecular complexity index is 195. The van der Waals surface area contributed by atoms with E-state index in [1.54, 1.807) is 13.2 Å². The van der Waals surface area contributed by atoms with E-state index in [0.717, 1.165) is 0 Å². The van der Waals surface area contributed by atoms with E-state index in [-0.39, 0.29) is 6.61 Å². The van der Waals surface area contributed by atoms with Crippen LogP contribution in [0.25, 0.3) is 0 Å². The van der Waals surface area contributed by atoms with Crippen LogP contribution in [0.15, 0.2) is 12.4 Å². The predicted octanol–water partition coefficient (Wildman–Crippen LogP) is 0.0106. The van der Waals surface area contributed by atoms with E-state index in [1.807, 2.05) is 0 Å². The summed E-state index contributed by atoms with van der Waals surface area (Å²) in [5.74, 6) is 0.673. The molecule has 0 aliphatic heterocycles. The Labute approximate surface area is 58.9 Å². The minimum Gasteiger partial charge on any atom is -0.390 e. The number of anilines is 1. The first-order valence-electron chi connectivity index (χ1n) is 2.96. The fraction of sp³-hybridized carbons (Fsp3) is 0.333. The van der Waals surface area contributed by atoms with E-state index in [1.165, 1.54) is 6.20 Å². The molecule has 0 aromatic carbocycles. The third-order valence-electron chi connectivity index (χ3n) is 1.10. The van der Waals surface area contributed by atoms with E-state index >= 15 is 0 Å². The number of aromatic nitrogens is 2. The monoisotopic (exact) mass is 139 g/mol. The molecule has 1 aromatic rings. The molecule has 0 saturated heterocycles. The van der Waals surface area contributed by atoms with Crippen molar-refractivity contribution in [1.29, 1.82) is 0 Å². The highest BCUT2D eigenvalue weighted by molar-refractivity contribution is 5.29. The largest absolute Gasteiger partial charge is 0.390 e. The number of hydrogen-bond donors (Lipinski definition) is 2. The van der Waals surface area contributed by atoms with Gasteiger partial charge in [-0.25, -0.2) is 4.98 Å². The molecule has 0 aliphatic carbocycles. The summed E-state index contributed by atoms with van der Waals surface area (Å²) in [5.41, 5.74) is 0.576. The lowest BCUT2D eigenvalue weighted by atomic mass is 10.5. The van der Waals surface area contributed by atoms with Crippen molar-refractivity contribution in [3.8, 4) is 0 Å².